The standard InChI is InChI=1S/C18H29FN4S.HI/c1-18(9-6-10-24-18)13-22-17(20-2)21-12-16(23(3)4)14-7-5-8-15(19)11-14;/h5,7-8,11,16H,6,9-10,12-13H2,1-4H3,(H2,20,21,22);1H. The number of hydrogen-bond donors (Lipinski definition) is 2. The van der Waals surface area contributed by atoms with Crippen molar-refractivity contribution in [1.29, 1.82) is 0 Å². The molecule has 0 saturated carbocycles. The van der Waals surface area contributed by atoms with Crippen molar-refractivity contribution in [3.8, 4) is 0 Å². The Morgan fingerprint density at radius 1 is 1.40 bits per heavy atom. The van der Waals surface area contributed by atoms with Gasteiger partial charge in [-0.25, -0.2) is 4.39 Å². The van der Waals surface area contributed by atoms with Crippen molar-refractivity contribution >= 4 is 41.7 Å². The molecule has 142 valence electrons. The predicted octanol–water partition coefficient (Wildman–Crippen LogP) is 3.50. The van der Waals surface area contributed by atoms with E-state index in [-0.39, 0.29) is 35.8 Å². The van der Waals surface area contributed by atoms with Gasteiger partial charge < -0.3 is 15.5 Å². The number of nitrogens with zero attached hydrogens (tertiary/aromatic N) is 2. The van der Waals surface area contributed by atoms with Gasteiger partial charge in [-0.2, -0.15) is 11.8 Å². The van der Waals surface area contributed by atoms with E-state index in [9.17, 15) is 4.39 Å². The van der Waals surface area contributed by atoms with Crippen LogP contribution in [0.25, 0.3) is 0 Å². The zero-order valence-electron chi connectivity index (χ0n) is 15.5. The van der Waals surface area contributed by atoms with Crippen LogP contribution in [0.1, 0.15) is 31.4 Å². The third kappa shape index (κ3) is 6.94. The minimum absolute atomic E-state index is 0. The van der Waals surface area contributed by atoms with E-state index in [4.69, 9.17) is 0 Å². The van der Waals surface area contributed by atoms with Crippen LogP contribution in [0, 0.1) is 5.82 Å². The quantitative estimate of drug-likeness (QED) is 0.372. The van der Waals surface area contributed by atoms with Crippen LogP contribution in [-0.2, 0) is 0 Å². The van der Waals surface area contributed by atoms with E-state index in [1.807, 2.05) is 31.9 Å². The van der Waals surface area contributed by atoms with Gasteiger partial charge in [-0.05, 0) is 57.3 Å². The van der Waals surface area contributed by atoms with Crippen LogP contribution in [-0.4, -0.2) is 55.6 Å². The second-order valence-corrected chi connectivity index (χ2v) is 8.43. The highest BCUT2D eigenvalue weighted by molar-refractivity contribution is 14.0. The molecule has 0 amide bonds. The highest BCUT2D eigenvalue weighted by Gasteiger charge is 2.29. The first-order chi connectivity index (χ1) is 11.4. The normalized spacial score (nSPS) is 21.8. The fraction of sp³-hybridized carbons (Fsp3) is 0.611. The summed E-state index contributed by atoms with van der Waals surface area (Å²) >= 11 is 2.03. The molecule has 0 aliphatic carbocycles. The Bertz CT molecular complexity index is 562. The molecule has 2 atom stereocenters. The number of halogens is 2. The van der Waals surface area contributed by atoms with Gasteiger partial charge >= 0.3 is 0 Å². The molecule has 0 radical (unpaired) electrons. The summed E-state index contributed by atoms with van der Waals surface area (Å²) < 4.78 is 13.8. The molecule has 2 N–H and O–H groups in total. The van der Waals surface area contributed by atoms with E-state index in [0.717, 1.165) is 18.1 Å². The zero-order valence-corrected chi connectivity index (χ0v) is 18.7. The van der Waals surface area contributed by atoms with Crippen molar-refractivity contribution in [2.45, 2.75) is 30.6 Å². The van der Waals surface area contributed by atoms with Crippen molar-refractivity contribution < 1.29 is 4.39 Å². The highest BCUT2D eigenvalue weighted by atomic mass is 127. The summed E-state index contributed by atoms with van der Waals surface area (Å²) in [6.45, 7) is 3.88. The van der Waals surface area contributed by atoms with Gasteiger partial charge in [0.1, 0.15) is 5.82 Å². The summed E-state index contributed by atoms with van der Waals surface area (Å²) in [5.41, 5.74) is 0.960. The molecule has 25 heavy (non-hydrogen) atoms. The lowest BCUT2D eigenvalue weighted by atomic mass is 10.1. The summed E-state index contributed by atoms with van der Waals surface area (Å²) in [6.07, 6.45) is 2.53. The smallest absolute Gasteiger partial charge is 0.191 e. The molecule has 2 unspecified atom stereocenters. The lowest BCUT2D eigenvalue weighted by molar-refractivity contribution is 0.297. The van der Waals surface area contributed by atoms with E-state index in [0.29, 0.717) is 11.3 Å². The van der Waals surface area contributed by atoms with Crippen molar-refractivity contribution in [2.24, 2.45) is 4.99 Å². The Hall–Kier alpha value is -0.540. The molecule has 0 aromatic heterocycles. The molecule has 7 heteroatoms. The Kier molecular flexibility index (Phi) is 9.51. The van der Waals surface area contributed by atoms with Crippen LogP contribution >= 0.6 is 35.7 Å². The Labute approximate surface area is 172 Å². The van der Waals surface area contributed by atoms with Gasteiger partial charge in [-0.15, -0.1) is 24.0 Å². The van der Waals surface area contributed by atoms with Crippen LogP contribution in [0.15, 0.2) is 29.3 Å². The maximum Gasteiger partial charge on any atom is 0.191 e. The van der Waals surface area contributed by atoms with Crippen molar-refractivity contribution in [3.63, 3.8) is 0 Å². The molecule has 1 heterocycles. The first-order valence-corrected chi connectivity index (χ1v) is 9.42. The van der Waals surface area contributed by atoms with Crippen molar-refractivity contribution in [3.05, 3.63) is 35.6 Å². The molecule has 0 bridgehead atoms. The van der Waals surface area contributed by atoms with E-state index in [1.165, 1.54) is 24.7 Å². The third-order valence-corrected chi connectivity index (χ3v) is 6.01. The van der Waals surface area contributed by atoms with E-state index >= 15 is 0 Å². The maximum atomic E-state index is 13.5. The molecule has 0 spiro atoms. The fourth-order valence-electron chi connectivity index (χ4n) is 2.97. The van der Waals surface area contributed by atoms with Crippen molar-refractivity contribution in [2.75, 3.05) is 40.0 Å². The van der Waals surface area contributed by atoms with Gasteiger partial charge in [0.2, 0.25) is 0 Å². The minimum Gasteiger partial charge on any atom is -0.355 e. The van der Waals surface area contributed by atoms with Crippen LogP contribution < -0.4 is 10.6 Å². The van der Waals surface area contributed by atoms with E-state index in [2.05, 4.69) is 27.4 Å². The van der Waals surface area contributed by atoms with Gasteiger partial charge in [0, 0.05) is 24.9 Å². The first kappa shape index (κ1) is 22.5. The molecule has 2 rings (SSSR count). The highest BCUT2D eigenvalue weighted by Crippen LogP contribution is 2.36. The van der Waals surface area contributed by atoms with Crippen LogP contribution in [0.5, 0.6) is 0 Å². The lowest BCUT2D eigenvalue weighted by Gasteiger charge is -2.28. The summed E-state index contributed by atoms with van der Waals surface area (Å²) in [5, 5.41) is 6.81. The summed E-state index contributed by atoms with van der Waals surface area (Å²) in [4.78, 5) is 6.40. The molecular formula is C18H30FIN4S. The molecule has 1 aliphatic heterocycles. The number of guanidine groups is 1. The zero-order chi connectivity index (χ0) is 17.6. The lowest BCUT2D eigenvalue weighted by Crippen LogP contribution is -2.45. The number of aliphatic imine (C=N–C) groups is 1. The second kappa shape index (κ2) is 10.6. The molecule has 4 nitrogen and oxygen atoms in total. The first-order valence-electron chi connectivity index (χ1n) is 8.44. The number of hydrogen-bond acceptors (Lipinski definition) is 3. The van der Waals surface area contributed by atoms with Crippen LogP contribution in [0.4, 0.5) is 4.39 Å². The molecular weight excluding hydrogens is 450 g/mol. The molecule has 1 aliphatic rings. The number of thioether (sulfide) groups is 1. The van der Waals surface area contributed by atoms with Crippen molar-refractivity contribution in [1.82, 2.24) is 15.5 Å². The van der Waals surface area contributed by atoms with Gasteiger partial charge in [-0.1, -0.05) is 12.1 Å². The molecule has 1 aromatic rings. The molecule has 1 fully saturated rings. The van der Waals surface area contributed by atoms with Gasteiger partial charge in [0.15, 0.2) is 5.96 Å². The monoisotopic (exact) mass is 480 g/mol. The number of nitrogens with one attached hydrogen (secondary N) is 2. The van der Waals surface area contributed by atoms with Gasteiger partial charge in [0.25, 0.3) is 0 Å². The minimum atomic E-state index is -0.201. The molecule has 1 saturated heterocycles. The largest absolute Gasteiger partial charge is 0.355 e. The Morgan fingerprint density at radius 3 is 2.72 bits per heavy atom. The average molecular weight is 480 g/mol. The van der Waals surface area contributed by atoms with Crippen LogP contribution in [0.3, 0.4) is 0 Å². The predicted molar refractivity (Wildman–Crippen MR) is 118 cm³/mol. The SMILES string of the molecule is CN=C(NCC(c1cccc(F)c1)N(C)C)NCC1(C)CCCS1.I. The second-order valence-electron chi connectivity index (χ2n) is 6.74. The number of rotatable bonds is 6. The Morgan fingerprint density at radius 2 is 2.16 bits per heavy atom. The Balaban J connectivity index is 0.00000312. The summed E-state index contributed by atoms with van der Waals surface area (Å²) in [5.74, 6) is 1.84. The summed E-state index contributed by atoms with van der Waals surface area (Å²) in [6, 6.07) is 6.87. The fourth-order valence-corrected chi connectivity index (χ4v) is 4.22. The maximum absolute atomic E-state index is 13.5. The van der Waals surface area contributed by atoms with E-state index < -0.39 is 0 Å². The average Bonchev–Trinajstić information content (AvgIpc) is 2.97. The van der Waals surface area contributed by atoms with E-state index in [1.54, 1.807) is 19.2 Å². The number of likely N-dealkylation sites (N-methyl/N-ethyl adjacent to an activating group) is 1. The van der Waals surface area contributed by atoms with Crippen LogP contribution in [0.2, 0.25) is 0 Å². The van der Waals surface area contributed by atoms with Gasteiger partial charge in [0.05, 0.1) is 6.04 Å². The number of benzene rings is 1. The van der Waals surface area contributed by atoms with Gasteiger partial charge in [-0.3, -0.25) is 4.99 Å². The summed E-state index contributed by atoms with van der Waals surface area (Å²) in [7, 11) is 5.79. The topological polar surface area (TPSA) is 39.7 Å². The molecule has 1 aromatic carbocycles. The third-order valence-electron chi connectivity index (χ3n) is 4.47.